The number of ketones is 1. The average Bonchev–Trinajstić information content (AvgIpc) is 2.15. The summed E-state index contributed by atoms with van der Waals surface area (Å²) in [5, 5.41) is 17.0. The van der Waals surface area contributed by atoms with Crippen LogP contribution in [0.1, 0.15) is 12.8 Å². The molecule has 0 bridgehead atoms. The van der Waals surface area contributed by atoms with E-state index in [0.29, 0.717) is 6.42 Å². The molecule has 0 saturated carbocycles. The van der Waals surface area contributed by atoms with E-state index in [9.17, 15) is 4.79 Å². The van der Waals surface area contributed by atoms with E-state index >= 15 is 0 Å². The van der Waals surface area contributed by atoms with E-state index in [4.69, 9.17) is 10.4 Å². The molecule has 0 spiro atoms. The fourth-order valence-electron chi connectivity index (χ4n) is 0.752. The molecular weight excluding hydrogens is 118 g/mol. The molecule has 0 heterocycles. The Morgan fingerprint density at radius 1 is 1.56 bits per heavy atom. The van der Waals surface area contributed by atoms with Crippen molar-refractivity contribution in [1.82, 2.24) is 0 Å². The summed E-state index contributed by atoms with van der Waals surface area (Å²) in [5.74, 6) is -0.649. The third-order valence-corrected chi connectivity index (χ3v) is 1.29. The van der Waals surface area contributed by atoms with Gasteiger partial charge in [-0.05, 0) is 6.42 Å². The van der Waals surface area contributed by atoms with E-state index < -0.39 is 0 Å². The number of hydrogen-bond acceptors (Lipinski definition) is 3. The first kappa shape index (κ1) is 5.83. The predicted molar refractivity (Wildman–Crippen MR) is 29.5 cm³/mol. The van der Waals surface area contributed by atoms with Crippen molar-refractivity contribution < 1.29 is 9.90 Å². The minimum absolute atomic E-state index is 0.222. The smallest absolute Gasteiger partial charge is 0.198 e. The van der Waals surface area contributed by atoms with Crippen LogP contribution < -0.4 is 0 Å². The highest BCUT2D eigenvalue weighted by Gasteiger charge is 2.21. The highest BCUT2D eigenvalue weighted by molar-refractivity contribution is 5.97. The summed E-state index contributed by atoms with van der Waals surface area (Å²) in [4.78, 5) is 10.5. The van der Waals surface area contributed by atoms with Gasteiger partial charge in [-0.1, -0.05) is 0 Å². The van der Waals surface area contributed by atoms with Crippen molar-refractivity contribution in [2.75, 3.05) is 0 Å². The van der Waals surface area contributed by atoms with Gasteiger partial charge in [-0.15, -0.1) is 0 Å². The minimum Gasteiger partial charge on any atom is -0.504 e. The summed E-state index contributed by atoms with van der Waals surface area (Å²) >= 11 is 0. The zero-order valence-corrected chi connectivity index (χ0v) is 4.72. The largest absolute Gasteiger partial charge is 0.504 e. The summed E-state index contributed by atoms with van der Waals surface area (Å²) in [5.41, 5.74) is 0.222. The third-order valence-electron chi connectivity index (χ3n) is 1.29. The van der Waals surface area contributed by atoms with Gasteiger partial charge in [0.2, 0.25) is 0 Å². The van der Waals surface area contributed by atoms with Crippen molar-refractivity contribution in [3.63, 3.8) is 0 Å². The van der Waals surface area contributed by atoms with Crippen LogP contribution in [-0.4, -0.2) is 10.9 Å². The van der Waals surface area contributed by atoms with E-state index in [1.54, 1.807) is 6.07 Å². The molecule has 0 aromatic carbocycles. The molecule has 0 atom stereocenters. The third kappa shape index (κ3) is 0.789. The number of aliphatic hydroxyl groups is 1. The molecule has 0 amide bonds. The average molecular weight is 123 g/mol. The number of carbonyl (C=O) groups excluding carboxylic acids is 1. The first-order valence-electron chi connectivity index (χ1n) is 2.61. The van der Waals surface area contributed by atoms with Crippen LogP contribution >= 0.6 is 0 Å². The van der Waals surface area contributed by atoms with E-state index in [-0.39, 0.29) is 23.5 Å². The van der Waals surface area contributed by atoms with Crippen molar-refractivity contribution >= 4 is 5.78 Å². The lowest BCUT2D eigenvalue weighted by Crippen LogP contribution is -1.93. The second-order valence-electron chi connectivity index (χ2n) is 1.86. The number of nitriles is 1. The van der Waals surface area contributed by atoms with E-state index in [2.05, 4.69) is 0 Å². The zero-order valence-electron chi connectivity index (χ0n) is 4.72. The number of rotatable bonds is 0. The topological polar surface area (TPSA) is 61.1 Å². The van der Waals surface area contributed by atoms with E-state index in [0.717, 1.165) is 0 Å². The summed E-state index contributed by atoms with van der Waals surface area (Å²) in [6.45, 7) is 0. The van der Waals surface area contributed by atoms with Crippen molar-refractivity contribution in [2.45, 2.75) is 12.8 Å². The molecule has 1 rings (SSSR count). The second-order valence-corrected chi connectivity index (χ2v) is 1.86. The zero-order chi connectivity index (χ0) is 6.85. The number of nitrogens with zero attached hydrogens (tertiary/aromatic N) is 1. The van der Waals surface area contributed by atoms with Gasteiger partial charge in [0.1, 0.15) is 0 Å². The highest BCUT2D eigenvalue weighted by atomic mass is 16.3. The van der Waals surface area contributed by atoms with Crippen LogP contribution in [0.3, 0.4) is 0 Å². The van der Waals surface area contributed by atoms with Crippen LogP contribution in [0.4, 0.5) is 0 Å². The Kier molecular flexibility index (Phi) is 1.23. The van der Waals surface area contributed by atoms with Crippen LogP contribution in [0.2, 0.25) is 0 Å². The maximum atomic E-state index is 10.5. The van der Waals surface area contributed by atoms with Crippen molar-refractivity contribution in [2.24, 2.45) is 0 Å². The Morgan fingerprint density at radius 2 is 2.22 bits per heavy atom. The first-order chi connectivity index (χ1) is 4.25. The number of allylic oxidation sites excluding steroid dienone is 2. The van der Waals surface area contributed by atoms with Gasteiger partial charge in [0.25, 0.3) is 0 Å². The van der Waals surface area contributed by atoms with Crippen LogP contribution in [-0.2, 0) is 4.79 Å². The maximum absolute atomic E-state index is 10.5. The fourth-order valence-corrected chi connectivity index (χ4v) is 0.752. The van der Waals surface area contributed by atoms with Gasteiger partial charge in [-0.3, -0.25) is 4.79 Å². The number of aliphatic hydroxyl groups excluding tert-OH is 1. The molecule has 0 saturated heterocycles. The first-order valence-corrected chi connectivity index (χ1v) is 2.61. The molecular formula is C6H5NO2. The standard InChI is InChI=1S/C6H5NO2/c7-3-4-1-2-5(8)6(4)9/h9H,1-2H2. The van der Waals surface area contributed by atoms with Crippen molar-refractivity contribution in [3.8, 4) is 6.07 Å². The highest BCUT2D eigenvalue weighted by Crippen LogP contribution is 2.19. The lowest BCUT2D eigenvalue weighted by Gasteiger charge is -1.83. The molecule has 1 aliphatic rings. The molecule has 3 heteroatoms. The molecule has 3 nitrogen and oxygen atoms in total. The molecule has 0 aliphatic heterocycles. The monoisotopic (exact) mass is 123 g/mol. The van der Waals surface area contributed by atoms with Crippen molar-refractivity contribution in [1.29, 1.82) is 5.26 Å². The Labute approximate surface area is 52.2 Å². The second kappa shape index (κ2) is 1.90. The lowest BCUT2D eigenvalue weighted by molar-refractivity contribution is -0.117. The Bertz CT molecular complexity index is 222. The molecule has 0 unspecified atom stereocenters. The molecule has 46 valence electrons. The van der Waals surface area contributed by atoms with Gasteiger partial charge in [-0.2, -0.15) is 5.26 Å². The Morgan fingerprint density at radius 3 is 2.44 bits per heavy atom. The van der Waals surface area contributed by atoms with Gasteiger partial charge in [0.05, 0.1) is 11.6 Å². The number of carbonyl (C=O) groups is 1. The maximum Gasteiger partial charge on any atom is 0.198 e. The van der Waals surface area contributed by atoms with E-state index in [1.807, 2.05) is 0 Å². The molecule has 9 heavy (non-hydrogen) atoms. The molecule has 0 aromatic rings. The van der Waals surface area contributed by atoms with E-state index in [1.165, 1.54) is 0 Å². The summed E-state index contributed by atoms with van der Waals surface area (Å²) in [6.07, 6.45) is 0.690. The van der Waals surface area contributed by atoms with Crippen molar-refractivity contribution in [3.05, 3.63) is 11.3 Å². The Hall–Kier alpha value is -1.30. The van der Waals surface area contributed by atoms with Crippen LogP contribution in [0.5, 0.6) is 0 Å². The fraction of sp³-hybridized carbons (Fsp3) is 0.333. The number of hydrogen-bond donors (Lipinski definition) is 1. The molecule has 0 aromatic heterocycles. The minimum atomic E-state index is -0.336. The lowest BCUT2D eigenvalue weighted by atomic mass is 10.3. The van der Waals surface area contributed by atoms with Crippen LogP contribution in [0, 0.1) is 11.3 Å². The van der Waals surface area contributed by atoms with Gasteiger partial charge < -0.3 is 5.11 Å². The molecule has 1 aliphatic carbocycles. The summed E-state index contributed by atoms with van der Waals surface area (Å²) in [6, 6.07) is 1.75. The summed E-state index contributed by atoms with van der Waals surface area (Å²) < 4.78 is 0. The predicted octanol–water partition coefficient (Wildman–Crippen LogP) is 0.685. The molecule has 1 N–H and O–H groups in total. The quantitative estimate of drug-likeness (QED) is 0.515. The van der Waals surface area contributed by atoms with Gasteiger partial charge in [0.15, 0.2) is 11.5 Å². The van der Waals surface area contributed by atoms with Crippen LogP contribution in [0.25, 0.3) is 0 Å². The number of Topliss-reactive ketones (excluding diaryl/α,β-unsaturated/α-hetero) is 1. The van der Waals surface area contributed by atoms with Crippen LogP contribution in [0.15, 0.2) is 11.3 Å². The van der Waals surface area contributed by atoms with Gasteiger partial charge in [0, 0.05) is 6.42 Å². The molecule has 0 fully saturated rings. The normalized spacial score (nSPS) is 18.3. The Balaban J connectivity index is 2.96. The summed E-state index contributed by atoms with van der Waals surface area (Å²) in [7, 11) is 0. The van der Waals surface area contributed by atoms with Gasteiger partial charge >= 0.3 is 0 Å². The SMILES string of the molecule is N#CC1=C(O)C(=O)CC1. The molecule has 0 radical (unpaired) electrons. The van der Waals surface area contributed by atoms with Gasteiger partial charge in [-0.25, -0.2) is 0 Å².